The van der Waals surface area contributed by atoms with Crippen molar-refractivity contribution in [3.8, 4) is 0 Å². The number of halogens is 3. The molecule has 0 spiro atoms. The highest BCUT2D eigenvalue weighted by Gasteiger charge is 2.49. The van der Waals surface area contributed by atoms with Crippen LogP contribution in [0.3, 0.4) is 0 Å². The normalized spacial score (nSPS) is 21.4. The number of carbonyl (C=O) groups is 1. The summed E-state index contributed by atoms with van der Waals surface area (Å²) in [6, 6.07) is 1.33. The average molecular weight is 638 g/mol. The topological polar surface area (TPSA) is 128 Å². The number of ether oxygens (including phenoxy) is 2. The zero-order chi connectivity index (χ0) is 32.2. The van der Waals surface area contributed by atoms with E-state index in [1.807, 2.05) is 39.9 Å². The first-order chi connectivity index (χ1) is 20.3. The summed E-state index contributed by atoms with van der Waals surface area (Å²) in [6.07, 6.45) is -3.73. The number of aromatic nitrogens is 2. The number of nitrogens with one attached hydrogen (secondary N) is 2. The van der Waals surface area contributed by atoms with Gasteiger partial charge in [-0.2, -0.15) is 13.2 Å². The molecule has 2 unspecified atom stereocenters. The quantitative estimate of drug-likeness (QED) is 0.140. The van der Waals surface area contributed by atoms with Gasteiger partial charge in [0.2, 0.25) is 6.54 Å². The number of unbranched alkanes of at least 4 members (excludes halogenated alkanes) is 3. The van der Waals surface area contributed by atoms with Gasteiger partial charge in [0, 0.05) is 37.5 Å². The van der Waals surface area contributed by atoms with Crippen LogP contribution in [0.15, 0.2) is 21.9 Å². The molecule has 2 N–H and O–H groups in total. The predicted molar refractivity (Wildman–Crippen MR) is 154 cm³/mol. The van der Waals surface area contributed by atoms with E-state index in [-0.39, 0.29) is 38.4 Å². The van der Waals surface area contributed by atoms with E-state index in [1.165, 1.54) is 16.8 Å². The van der Waals surface area contributed by atoms with Gasteiger partial charge in [-0.15, -0.1) is 0 Å². The van der Waals surface area contributed by atoms with E-state index in [0.717, 1.165) is 0 Å². The molecule has 1 fully saturated rings. The summed E-state index contributed by atoms with van der Waals surface area (Å²) < 4.78 is 65.6. The average Bonchev–Trinajstić information content (AvgIpc) is 3.25. The molecular formula is C27H43F3N5O7P. The van der Waals surface area contributed by atoms with Crippen LogP contribution in [-0.2, 0) is 23.3 Å². The predicted octanol–water partition coefficient (Wildman–Crippen LogP) is 4.13. The van der Waals surface area contributed by atoms with E-state index in [9.17, 15) is 27.6 Å². The summed E-state index contributed by atoms with van der Waals surface area (Å²) >= 11 is 0. The summed E-state index contributed by atoms with van der Waals surface area (Å²) in [4.78, 5) is 41.0. The minimum absolute atomic E-state index is 0.0550. The lowest BCUT2D eigenvalue weighted by atomic mass is 10.1. The Balaban J connectivity index is 2.20. The molecule has 1 aliphatic heterocycles. The van der Waals surface area contributed by atoms with Gasteiger partial charge in [0.05, 0.1) is 6.10 Å². The Labute approximate surface area is 251 Å². The van der Waals surface area contributed by atoms with Crippen LogP contribution in [0.5, 0.6) is 0 Å². The van der Waals surface area contributed by atoms with Crippen molar-refractivity contribution in [2.75, 3.05) is 26.3 Å². The first-order valence-electron chi connectivity index (χ1n) is 14.5. The Kier molecular flexibility index (Phi) is 15.3. The number of amides is 1. The smallest absolute Gasteiger partial charge is 0.371 e. The van der Waals surface area contributed by atoms with Crippen molar-refractivity contribution in [2.24, 2.45) is 0 Å². The van der Waals surface area contributed by atoms with Crippen LogP contribution in [0, 0.1) is 6.57 Å². The molecule has 0 saturated carbocycles. The van der Waals surface area contributed by atoms with E-state index in [4.69, 9.17) is 25.1 Å². The molecule has 1 aliphatic rings. The standard InChI is InChI=1S/C27H43F3N5O7P/c1-7-20-22(42-43(40-17-14-31-6)35(18(2)3)19(4)5)23(24(41-20)34-15-12-21(36)33-26(34)38)39-16-11-9-8-10-13-32-25(37)27(28,29)30/h12,15,18-20,22-24H,7-11,13-14,16-17H2,1-5H3,(H,32,37)(H,33,36,38)/t20-,22+,23?,24-,43?/m1/s1. The Morgan fingerprint density at radius 3 is 2.42 bits per heavy atom. The lowest BCUT2D eigenvalue weighted by molar-refractivity contribution is -0.173. The van der Waals surface area contributed by atoms with Crippen molar-refractivity contribution in [3.63, 3.8) is 0 Å². The van der Waals surface area contributed by atoms with Crippen LogP contribution in [0.2, 0.25) is 0 Å². The monoisotopic (exact) mass is 637 g/mol. The molecule has 12 nitrogen and oxygen atoms in total. The molecule has 16 heteroatoms. The maximum atomic E-state index is 12.7. The molecule has 1 saturated heterocycles. The van der Waals surface area contributed by atoms with Crippen LogP contribution < -0.4 is 16.6 Å². The number of hydrogen-bond acceptors (Lipinski definition) is 8. The second kappa shape index (κ2) is 17.8. The van der Waals surface area contributed by atoms with E-state index in [2.05, 4.69) is 14.5 Å². The van der Waals surface area contributed by atoms with Crippen molar-refractivity contribution in [3.05, 3.63) is 44.5 Å². The highest BCUT2D eigenvalue weighted by molar-refractivity contribution is 7.44. The molecule has 2 heterocycles. The van der Waals surface area contributed by atoms with Crippen LogP contribution in [0.25, 0.3) is 4.85 Å². The summed E-state index contributed by atoms with van der Waals surface area (Å²) in [5, 5.41) is 1.85. The third-order valence-corrected chi connectivity index (χ3v) is 8.73. The maximum Gasteiger partial charge on any atom is 0.471 e. The molecule has 0 radical (unpaired) electrons. The number of rotatable bonds is 18. The van der Waals surface area contributed by atoms with Crippen LogP contribution >= 0.6 is 8.53 Å². The maximum absolute atomic E-state index is 12.7. The largest absolute Gasteiger partial charge is 0.471 e. The zero-order valence-corrected chi connectivity index (χ0v) is 26.2. The van der Waals surface area contributed by atoms with Crippen molar-refractivity contribution in [2.45, 2.75) is 110 Å². The molecule has 1 aromatic heterocycles. The van der Waals surface area contributed by atoms with Gasteiger partial charge < -0.3 is 28.7 Å². The summed E-state index contributed by atoms with van der Waals surface area (Å²) in [6.45, 7) is 17.6. The fourth-order valence-electron chi connectivity index (χ4n) is 4.69. The molecule has 43 heavy (non-hydrogen) atoms. The summed E-state index contributed by atoms with van der Waals surface area (Å²) in [5.41, 5.74) is -1.21. The van der Waals surface area contributed by atoms with E-state index >= 15 is 0 Å². The number of alkyl halides is 3. The first kappa shape index (κ1) is 36.8. The lowest BCUT2D eigenvalue weighted by Crippen LogP contribution is -2.41. The molecule has 0 bridgehead atoms. The molecule has 0 aromatic carbocycles. The molecular weight excluding hydrogens is 594 g/mol. The van der Waals surface area contributed by atoms with Crippen LogP contribution in [-0.4, -0.2) is 83.0 Å². The number of H-pyrrole nitrogens is 1. The second-order valence-corrected chi connectivity index (χ2v) is 12.0. The summed E-state index contributed by atoms with van der Waals surface area (Å²) in [7, 11) is -1.66. The van der Waals surface area contributed by atoms with Crippen molar-refractivity contribution in [1.82, 2.24) is 19.5 Å². The Morgan fingerprint density at radius 1 is 1.16 bits per heavy atom. The van der Waals surface area contributed by atoms with Crippen LogP contribution in [0.1, 0.15) is 73.0 Å². The zero-order valence-electron chi connectivity index (χ0n) is 25.3. The van der Waals surface area contributed by atoms with E-state index in [0.29, 0.717) is 32.1 Å². The fourth-order valence-corrected chi connectivity index (χ4v) is 6.45. The fraction of sp³-hybridized carbons (Fsp3) is 0.778. The highest BCUT2D eigenvalue weighted by atomic mass is 31.2. The number of aromatic amines is 1. The highest BCUT2D eigenvalue weighted by Crippen LogP contribution is 2.50. The van der Waals surface area contributed by atoms with Gasteiger partial charge in [-0.05, 0) is 47.0 Å². The van der Waals surface area contributed by atoms with Crippen molar-refractivity contribution in [1.29, 1.82) is 0 Å². The lowest BCUT2D eigenvalue weighted by Gasteiger charge is -2.38. The van der Waals surface area contributed by atoms with Crippen molar-refractivity contribution < 1.29 is 36.5 Å². The van der Waals surface area contributed by atoms with Crippen LogP contribution in [0.4, 0.5) is 13.2 Å². The first-order valence-corrected chi connectivity index (χ1v) is 15.6. The van der Waals surface area contributed by atoms with Gasteiger partial charge in [-0.25, -0.2) is 16.0 Å². The van der Waals surface area contributed by atoms with Crippen molar-refractivity contribution >= 4 is 14.4 Å². The Morgan fingerprint density at radius 2 is 1.84 bits per heavy atom. The minimum atomic E-state index is -4.90. The number of carbonyl (C=O) groups excluding carboxylic acids is 1. The number of nitrogens with zero attached hydrogens (tertiary/aromatic N) is 3. The molecule has 1 amide bonds. The molecule has 244 valence electrons. The van der Waals surface area contributed by atoms with Gasteiger partial charge in [-0.3, -0.25) is 19.1 Å². The van der Waals surface area contributed by atoms with Gasteiger partial charge in [0.1, 0.15) is 18.8 Å². The van der Waals surface area contributed by atoms with E-state index in [1.54, 1.807) is 0 Å². The summed E-state index contributed by atoms with van der Waals surface area (Å²) in [5.74, 6) is -1.95. The van der Waals surface area contributed by atoms with Gasteiger partial charge in [0.25, 0.3) is 14.1 Å². The molecule has 0 aliphatic carbocycles. The SMILES string of the molecule is [C-]#[N+]CCOP(O[C@@H]1C(OCCCCCCNC(=O)C(F)(F)F)[C@H](n2ccc(=O)[nH]c2=O)O[C@@H]1CC)N(C(C)C)C(C)C. The second-order valence-electron chi connectivity index (χ2n) is 10.6. The number of hydrogen-bond donors (Lipinski definition) is 2. The Hall–Kier alpha value is -2.34. The third-order valence-electron chi connectivity index (χ3n) is 6.60. The van der Waals surface area contributed by atoms with E-state index < -0.39 is 56.4 Å². The molecule has 5 atom stereocenters. The Bertz CT molecular complexity index is 1150. The van der Waals surface area contributed by atoms with Gasteiger partial charge in [-0.1, -0.05) is 19.8 Å². The molecule has 1 aromatic rings. The van der Waals surface area contributed by atoms with Gasteiger partial charge in [0.15, 0.2) is 6.23 Å². The minimum Gasteiger partial charge on any atom is -0.371 e. The van der Waals surface area contributed by atoms with Gasteiger partial charge >= 0.3 is 17.8 Å². The third kappa shape index (κ3) is 11.3. The molecule has 2 rings (SSSR count).